The van der Waals surface area contributed by atoms with Gasteiger partial charge in [-0.3, -0.25) is 4.79 Å². The highest BCUT2D eigenvalue weighted by Crippen LogP contribution is 2.40. The summed E-state index contributed by atoms with van der Waals surface area (Å²) in [7, 11) is 0. The van der Waals surface area contributed by atoms with E-state index in [-0.39, 0.29) is 12.5 Å². The lowest BCUT2D eigenvalue weighted by Crippen LogP contribution is -2.48. The van der Waals surface area contributed by atoms with E-state index in [9.17, 15) is 9.59 Å². The van der Waals surface area contributed by atoms with Crippen LogP contribution in [0.3, 0.4) is 0 Å². The number of aromatic nitrogens is 1. The van der Waals surface area contributed by atoms with Gasteiger partial charge in [-0.2, -0.15) is 0 Å². The first-order valence-electron chi connectivity index (χ1n) is 5.98. The zero-order valence-corrected chi connectivity index (χ0v) is 10.4. The van der Waals surface area contributed by atoms with Gasteiger partial charge in [0, 0.05) is 24.3 Å². The fourth-order valence-corrected chi connectivity index (χ4v) is 2.62. The van der Waals surface area contributed by atoms with Gasteiger partial charge in [-0.05, 0) is 13.0 Å². The molecule has 1 unspecified atom stereocenters. The molecule has 3 rings (SSSR count). The van der Waals surface area contributed by atoms with Gasteiger partial charge in [0.25, 0.3) is 0 Å². The summed E-state index contributed by atoms with van der Waals surface area (Å²) in [5.74, 6) is 0.310. The Morgan fingerprint density at radius 1 is 1.53 bits per heavy atom. The summed E-state index contributed by atoms with van der Waals surface area (Å²) < 4.78 is 0. The maximum absolute atomic E-state index is 12.3. The van der Waals surface area contributed by atoms with E-state index >= 15 is 0 Å². The Labute approximate surface area is 109 Å². The topological polar surface area (TPSA) is 82.5 Å². The molecule has 1 atom stereocenters. The van der Waals surface area contributed by atoms with Crippen LogP contribution in [0.15, 0.2) is 24.3 Å². The second-order valence-corrected chi connectivity index (χ2v) is 4.84. The molecule has 19 heavy (non-hydrogen) atoms. The van der Waals surface area contributed by atoms with Crippen molar-refractivity contribution in [2.75, 3.05) is 18.4 Å². The molecule has 2 aliphatic rings. The zero-order chi connectivity index (χ0) is 13.6. The van der Waals surface area contributed by atoms with Gasteiger partial charge in [0.2, 0.25) is 5.91 Å². The molecule has 98 valence electrons. The van der Waals surface area contributed by atoms with Crippen molar-refractivity contribution in [2.24, 2.45) is 0 Å². The van der Waals surface area contributed by atoms with Crippen molar-refractivity contribution < 1.29 is 14.7 Å². The van der Waals surface area contributed by atoms with Crippen LogP contribution in [-0.2, 0) is 10.2 Å². The van der Waals surface area contributed by atoms with Gasteiger partial charge in [0.05, 0.1) is 0 Å². The minimum absolute atomic E-state index is 0.127. The van der Waals surface area contributed by atoms with E-state index in [4.69, 9.17) is 5.11 Å². The summed E-state index contributed by atoms with van der Waals surface area (Å²) in [5, 5.41) is 11.8. The summed E-state index contributed by atoms with van der Waals surface area (Å²) >= 11 is 0. The molecule has 6 heteroatoms. The number of carboxylic acid groups (broad SMARTS) is 1. The highest BCUT2D eigenvalue weighted by atomic mass is 16.4. The minimum atomic E-state index is -1.02. The van der Waals surface area contributed by atoms with E-state index in [1.54, 1.807) is 12.2 Å². The normalized spacial score (nSPS) is 24.5. The monoisotopic (exact) mass is 259 g/mol. The Hall–Kier alpha value is -2.37. The molecule has 1 spiro atoms. The average molecular weight is 259 g/mol. The lowest BCUT2D eigenvalue weighted by atomic mass is 9.79. The first-order valence-corrected chi connectivity index (χ1v) is 5.98. The number of nitrogens with one attached hydrogen (secondary N) is 1. The molecular weight excluding hydrogens is 246 g/mol. The number of hydrogen-bond acceptors (Lipinski definition) is 3. The van der Waals surface area contributed by atoms with E-state index in [1.165, 1.54) is 4.90 Å². The van der Waals surface area contributed by atoms with E-state index < -0.39 is 11.5 Å². The molecule has 0 radical (unpaired) electrons. The smallest absolute Gasteiger partial charge is 0.407 e. The van der Waals surface area contributed by atoms with E-state index in [2.05, 4.69) is 10.3 Å². The summed E-state index contributed by atoms with van der Waals surface area (Å²) in [6, 6.07) is 3.67. The maximum Gasteiger partial charge on any atom is 0.407 e. The number of aryl methyl sites for hydroxylation is 1. The van der Waals surface area contributed by atoms with Gasteiger partial charge in [-0.1, -0.05) is 18.2 Å². The summed E-state index contributed by atoms with van der Waals surface area (Å²) in [6.45, 7) is 2.28. The molecular formula is C13H13N3O3. The predicted molar refractivity (Wildman–Crippen MR) is 68.0 cm³/mol. The van der Waals surface area contributed by atoms with Gasteiger partial charge in [0.15, 0.2) is 0 Å². The number of amides is 2. The Kier molecular flexibility index (Phi) is 2.35. The number of nitrogens with zero attached hydrogens (tertiary/aromatic N) is 2. The van der Waals surface area contributed by atoms with Crippen molar-refractivity contribution in [2.45, 2.75) is 12.3 Å². The quantitative estimate of drug-likeness (QED) is 0.684. The maximum atomic E-state index is 12.3. The third-order valence-electron chi connectivity index (χ3n) is 3.59. The van der Waals surface area contributed by atoms with Crippen LogP contribution in [0.1, 0.15) is 11.3 Å². The fraction of sp³-hybridized carbons (Fsp3) is 0.308. The van der Waals surface area contributed by atoms with Crippen LogP contribution in [0, 0.1) is 6.92 Å². The lowest BCUT2D eigenvalue weighted by Gasteiger charge is -2.33. The fourth-order valence-electron chi connectivity index (χ4n) is 2.62. The number of rotatable bonds is 0. The van der Waals surface area contributed by atoms with Crippen molar-refractivity contribution in [1.82, 2.24) is 9.88 Å². The van der Waals surface area contributed by atoms with Crippen molar-refractivity contribution >= 4 is 17.8 Å². The van der Waals surface area contributed by atoms with Crippen LogP contribution in [0.5, 0.6) is 0 Å². The largest absolute Gasteiger partial charge is 0.465 e. The third kappa shape index (κ3) is 1.60. The third-order valence-corrected chi connectivity index (χ3v) is 3.59. The molecule has 1 aromatic heterocycles. The molecule has 0 saturated carbocycles. The highest BCUT2D eigenvalue weighted by Gasteiger charge is 2.48. The number of hydrogen-bond donors (Lipinski definition) is 2. The minimum Gasteiger partial charge on any atom is -0.465 e. The molecule has 2 aliphatic heterocycles. The number of carbonyl (C=O) groups is 2. The summed E-state index contributed by atoms with van der Waals surface area (Å²) in [5.41, 5.74) is 0.614. The Morgan fingerprint density at radius 2 is 2.32 bits per heavy atom. The summed E-state index contributed by atoms with van der Waals surface area (Å²) in [6.07, 6.45) is 2.47. The van der Waals surface area contributed by atoms with Crippen LogP contribution in [-0.4, -0.2) is 40.1 Å². The van der Waals surface area contributed by atoms with Crippen LogP contribution in [0.25, 0.3) is 0 Å². The second kappa shape index (κ2) is 3.81. The van der Waals surface area contributed by atoms with E-state index in [1.807, 2.05) is 19.1 Å². The molecule has 0 bridgehead atoms. The molecule has 0 aromatic carbocycles. The molecule has 6 nitrogen and oxygen atoms in total. The standard InChI is InChI=1S/C13H13N3O3/c1-8-3-4-9-10(14-8)15-11(17)13(9)5-2-6-16(7-13)12(18)19/h2-5H,6-7H2,1H3,(H,18,19)(H,14,15,17). The second-order valence-electron chi connectivity index (χ2n) is 4.84. The van der Waals surface area contributed by atoms with Crippen LogP contribution < -0.4 is 5.32 Å². The van der Waals surface area contributed by atoms with Crippen molar-refractivity contribution in [3.8, 4) is 0 Å². The van der Waals surface area contributed by atoms with Crippen molar-refractivity contribution in [3.63, 3.8) is 0 Å². The molecule has 0 aliphatic carbocycles. The Balaban J connectivity index is 2.10. The van der Waals surface area contributed by atoms with Gasteiger partial charge in [0.1, 0.15) is 11.2 Å². The molecule has 2 N–H and O–H groups in total. The van der Waals surface area contributed by atoms with Gasteiger partial charge in [-0.25, -0.2) is 9.78 Å². The van der Waals surface area contributed by atoms with Crippen molar-refractivity contribution in [1.29, 1.82) is 0 Å². The van der Waals surface area contributed by atoms with Crippen LogP contribution in [0.4, 0.5) is 10.6 Å². The highest BCUT2D eigenvalue weighted by molar-refractivity contribution is 6.07. The molecule has 1 aromatic rings. The first kappa shape index (κ1) is 11.7. The van der Waals surface area contributed by atoms with Crippen LogP contribution in [0.2, 0.25) is 0 Å². The molecule has 0 fully saturated rings. The number of pyridine rings is 1. The number of anilines is 1. The SMILES string of the molecule is Cc1ccc2c(n1)NC(=O)C21C=CCN(C(=O)O)C1. The molecule has 0 saturated heterocycles. The van der Waals surface area contributed by atoms with Crippen LogP contribution >= 0.6 is 0 Å². The Bertz CT molecular complexity index is 611. The average Bonchev–Trinajstić information content (AvgIpc) is 2.62. The lowest BCUT2D eigenvalue weighted by molar-refractivity contribution is -0.119. The van der Waals surface area contributed by atoms with E-state index in [0.29, 0.717) is 12.4 Å². The predicted octanol–water partition coefficient (Wildman–Crippen LogP) is 1.13. The number of carbonyl (C=O) groups excluding carboxylic acids is 1. The summed E-state index contributed by atoms with van der Waals surface area (Å²) in [4.78, 5) is 28.9. The molecule has 2 amide bonds. The Morgan fingerprint density at radius 3 is 3.05 bits per heavy atom. The molecule has 3 heterocycles. The zero-order valence-electron chi connectivity index (χ0n) is 10.4. The van der Waals surface area contributed by atoms with Gasteiger partial charge in [-0.15, -0.1) is 0 Å². The first-order chi connectivity index (χ1) is 9.03. The van der Waals surface area contributed by atoms with Gasteiger partial charge < -0.3 is 15.3 Å². The van der Waals surface area contributed by atoms with Crippen molar-refractivity contribution in [3.05, 3.63) is 35.5 Å². The van der Waals surface area contributed by atoms with Gasteiger partial charge >= 0.3 is 6.09 Å². The number of fused-ring (bicyclic) bond motifs is 2. The van der Waals surface area contributed by atoms with E-state index in [0.717, 1.165) is 11.3 Å².